The number of nitrogens with one attached hydrogen (secondary N) is 1. The molecule has 0 atom stereocenters. The molecule has 0 saturated heterocycles. The molecule has 0 aliphatic carbocycles. The molecule has 0 fully saturated rings. The third-order valence-electron chi connectivity index (χ3n) is 2.13. The highest BCUT2D eigenvalue weighted by Crippen LogP contribution is 2.32. The second kappa shape index (κ2) is 5.25. The fraction of sp³-hybridized carbons (Fsp3) is 0.182. The average Bonchev–Trinajstić information content (AvgIpc) is 2.75. The van der Waals surface area contributed by atoms with Crippen LogP contribution in [-0.2, 0) is 0 Å². The van der Waals surface area contributed by atoms with Gasteiger partial charge in [0.15, 0.2) is 5.13 Å². The van der Waals surface area contributed by atoms with Crippen molar-refractivity contribution in [2.45, 2.75) is 0 Å². The van der Waals surface area contributed by atoms with Crippen LogP contribution in [0.15, 0.2) is 23.6 Å². The monoisotopic (exact) mass is 270 g/mol. The Hall–Kier alpha value is -1.46. The molecule has 2 aromatic rings. The molecular weight excluding hydrogens is 260 g/mol. The number of anilines is 2. The van der Waals surface area contributed by atoms with Crippen molar-refractivity contribution in [3.05, 3.63) is 28.7 Å². The number of methoxy groups -OCH3 is 2. The van der Waals surface area contributed by atoms with Crippen LogP contribution in [0.4, 0.5) is 10.8 Å². The third-order valence-corrected chi connectivity index (χ3v) is 3.21. The molecule has 1 aromatic heterocycles. The lowest BCUT2D eigenvalue weighted by Crippen LogP contribution is -1.95. The van der Waals surface area contributed by atoms with Crippen molar-refractivity contribution >= 4 is 33.8 Å². The maximum atomic E-state index is 5.76. The van der Waals surface area contributed by atoms with Crippen molar-refractivity contribution in [3.63, 3.8) is 0 Å². The van der Waals surface area contributed by atoms with Gasteiger partial charge in [-0.1, -0.05) is 11.6 Å². The van der Waals surface area contributed by atoms with Crippen molar-refractivity contribution in [2.75, 3.05) is 19.5 Å². The van der Waals surface area contributed by atoms with E-state index in [0.29, 0.717) is 10.9 Å². The van der Waals surface area contributed by atoms with Gasteiger partial charge in [-0.15, -0.1) is 11.3 Å². The quantitative estimate of drug-likeness (QED) is 0.923. The predicted molar refractivity (Wildman–Crippen MR) is 70.0 cm³/mol. The van der Waals surface area contributed by atoms with Crippen LogP contribution in [0.2, 0.25) is 5.15 Å². The molecule has 1 heterocycles. The van der Waals surface area contributed by atoms with Crippen LogP contribution < -0.4 is 14.8 Å². The molecule has 90 valence electrons. The summed E-state index contributed by atoms with van der Waals surface area (Å²) in [6.45, 7) is 0. The number of ether oxygens (including phenoxy) is 2. The SMILES string of the molecule is COc1ccc(Nc2nc(Cl)cs2)c(OC)c1. The van der Waals surface area contributed by atoms with Gasteiger partial charge in [-0.3, -0.25) is 0 Å². The zero-order chi connectivity index (χ0) is 12.3. The highest BCUT2D eigenvalue weighted by Gasteiger charge is 2.07. The Bertz CT molecular complexity index is 516. The molecule has 17 heavy (non-hydrogen) atoms. The second-order valence-corrected chi connectivity index (χ2v) is 4.41. The summed E-state index contributed by atoms with van der Waals surface area (Å²) in [6, 6.07) is 5.52. The van der Waals surface area contributed by atoms with Crippen molar-refractivity contribution in [3.8, 4) is 11.5 Å². The molecule has 0 spiro atoms. The minimum atomic E-state index is 0.477. The van der Waals surface area contributed by atoms with Gasteiger partial charge in [0.1, 0.15) is 16.7 Å². The van der Waals surface area contributed by atoms with Gasteiger partial charge in [-0.2, -0.15) is 0 Å². The van der Waals surface area contributed by atoms with Gasteiger partial charge >= 0.3 is 0 Å². The van der Waals surface area contributed by atoms with Crippen LogP contribution in [0.3, 0.4) is 0 Å². The zero-order valence-corrected chi connectivity index (χ0v) is 10.9. The number of rotatable bonds is 4. The smallest absolute Gasteiger partial charge is 0.188 e. The lowest BCUT2D eigenvalue weighted by atomic mass is 10.3. The van der Waals surface area contributed by atoms with Gasteiger partial charge in [0, 0.05) is 11.4 Å². The molecule has 6 heteroatoms. The van der Waals surface area contributed by atoms with Crippen molar-refractivity contribution in [1.82, 2.24) is 4.98 Å². The number of hydrogen-bond donors (Lipinski definition) is 1. The molecule has 1 N–H and O–H groups in total. The molecule has 0 saturated carbocycles. The maximum Gasteiger partial charge on any atom is 0.188 e. The van der Waals surface area contributed by atoms with Crippen LogP contribution in [0.5, 0.6) is 11.5 Å². The van der Waals surface area contributed by atoms with E-state index in [-0.39, 0.29) is 0 Å². The first-order valence-electron chi connectivity index (χ1n) is 4.83. The molecule has 0 aliphatic heterocycles. The first kappa shape index (κ1) is 12.0. The highest BCUT2D eigenvalue weighted by atomic mass is 35.5. The lowest BCUT2D eigenvalue weighted by Gasteiger charge is -2.10. The van der Waals surface area contributed by atoms with E-state index in [2.05, 4.69) is 10.3 Å². The Labute approximate surface area is 108 Å². The van der Waals surface area contributed by atoms with Crippen molar-refractivity contribution in [2.24, 2.45) is 0 Å². The Morgan fingerprint density at radius 1 is 1.29 bits per heavy atom. The Morgan fingerprint density at radius 3 is 2.71 bits per heavy atom. The first-order chi connectivity index (χ1) is 8.22. The highest BCUT2D eigenvalue weighted by molar-refractivity contribution is 7.14. The second-order valence-electron chi connectivity index (χ2n) is 3.17. The number of hydrogen-bond acceptors (Lipinski definition) is 5. The number of thiazole rings is 1. The van der Waals surface area contributed by atoms with E-state index >= 15 is 0 Å². The van der Waals surface area contributed by atoms with E-state index < -0.39 is 0 Å². The fourth-order valence-electron chi connectivity index (χ4n) is 1.33. The van der Waals surface area contributed by atoms with Crippen LogP contribution in [0.25, 0.3) is 0 Å². The van der Waals surface area contributed by atoms with E-state index in [4.69, 9.17) is 21.1 Å². The van der Waals surface area contributed by atoms with E-state index in [1.165, 1.54) is 11.3 Å². The predicted octanol–water partition coefficient (Wildman–Crippen LogP) is 3.56. The lowest BCUT2D eigenvalue weighted by molar-refractivity contribution is 0.395. The number of benzene rings is 1. The zero-order valence-electron chi connectivity index (χ0n) is 9.36. The summed E-state index contributed by atoms with van der Waals surface area (Å²) in [5.41, 5.74) is 0.819. The average molecular weight is 271 g/mol. The third kappa shape index (κ3) is 2.81. The maximum absolute atomic E-state index is 5.76. The minimum Gasteiger partial charge on any atom is -0.497 e. The van der Waals surface area contributed by atoms with Gasteiger partial charge in [-0.05, 0) is 12.1 Å². The summed E-state index contributed by atoms with van der Waals surface area (Å²) in [5.74, 6) is 1.43. The van der Waals surface area contributed by atoms with Crippen molar-refractivity contribution in [1.29, 1.82) is 0 Å². The molecule has 4 nitrogen and oxygen atoms in total. The Kier molecular flexibility index (Phi) is 3.71. The number of nitrogens with zero attached hydrogens (tertiary/aromatic N) is 1. The van der Waals surface area contributed by atoms with E-state index in [0.717, 1.165) is 16.6 Å². The topological polar surface area (TPSA) is 43.4 Å². The number of halogens is 1. The minimum absolute atomic E-state index is 0.477. The van der Waals surface area contributed by atoms with Crippen LogP contribution in [-0.4, -0.2) is 19.2 Å². The van der Waals surface area contributed by atoms with Crippen LogP contribution in [0.1, 0.15) is 0 Å². The van der Waals surface area contributed by atoms with Gasteiger partial charge in [0.05, 0.1) is 19.9 Å². The molecule has 0 bridgehead atoms. The molecule has 0 radical (unpaired) electrons. The normalized spacial score (nSPS) is 10.1. The molecular formula is C11H11ClN2O2S. The first-order valence-corrected chi connectivity index (χ1v) is 6.09. The largest absolute Gasteiger partial charge is 0.497 e. The van der Waals surface area contributed by atoms with Gasteiger partial charge in [0.25, 0.3) is 0 Å². The molecule has 0 amide bonds. The molecule has 0 unspecified atom stereocenters. The van der Waals surface area contributed by atoms with E-state index in [1.54, 1.807) is 25.7 Å². The Balaban J connectivity index is 2.26. The number of aromatic nitrogens is 1. The van der Waals surface area contributed by atoms with Gasteiger partial charge < -0.3 is 14.8 Å². The standard InChI is InChI=1S/C11H11ClN2O2S/c1-15-7-3-4-8(9(5-7)16-2)13-11-14-10(12)6-17-11/h3-6H,1-2H3,(H,13,14). The summed E-state index contributed by atoms with van der Waals surface area (Å²) in [4.78, 5) is 4.11. The summed E-state index contributed by atoms with van der Waals surface area (Å²) < 4.78 is 10.4. The summed E-state index contributed by atoms with van der Waals surface area (Å²) in [7, 11) is 3.22. The summed E-state index contributed by atoms with van der Waals surface area (Å²) in [6.07, 6.45) is 0. The molecule has 2 rings (SSSR count). The van der Waals surface area contributed by atoms with Gasteiger partial charge in [-0.25, -0.2) is 4.98 Å². The molecule has 0 aliphatic rings. The van der Waals surface area contributed by atoms with Crippen LogP contribution >= 0.6 is 22.9 Å². The van der Waals surface area contributed by atoms with E-state index in [1.807, 2.05) is 12.1 Å². The summed E-state index contributed by atoms with van der Waals surface area (Å²) >= 11 is 7.19. The van der Waals surface area contributed by atoms with Crippen LogP contribution in [0, 0.1) is 0 Å². The van der Waals surface area contributed by atoms with Gasteiger partial charge in [0.2, 0.25) is 0 Å². The summed E-state index contributed by atoms with van der Waals surface area (Å²) in [5, 5.41) is 6.10. The fourth-order valence-corrected chi connectivity index (χ4v) is 2.18. The van der Waals surface area contributed by atoms with E-state index in [9.17, 15) is 0 Å². The Morgan fingerprint density at radius 2 is 2.12 bits per heavy atom. The van der Waals surface area contributed by atoms with Crippen molar-refractivity contribution < 1.29 is 9.47 Å². The molecule has 1 aromatic carbocycles.